The van der Waals surface area contributed by atoms with Crippen LogP contribution < -0.4 is 0 Å². The van der Waals surface area contributed by atoms with Crippen molar-refractivity contribution in [2.75, 3.05) is 33.3 Å². The molecule has 33 heavy (non-hydrogen) atoms. The van der Waals surface area contributed by atoms with Crippen LogP contribution in [0.2, 0.25) is 0 Å². The zero-order chi connectivity index (χ0) is 24.3. The maximum Gasteiger partial charge on any atom is 0.472 e. The van der Waals surface area contributed by atoms with Crippen LogP contribution in [-0.4, -0.2) is 48.8 Å². The van der Waals surface area contributed by atoms with Gasteiger partial charge in [0.05, 0.1) is 39.4 Å². The lowest BCUT2D eigenvalue weighted by Crippen LogP contribution is -2.51. The SMILES string of the molecule is C=CC[N+]1(C)CCC(OP(=O)(O)OCCCCCCCCCCCCCCCCCC)CC1. The summed E-state index contributed by atoms with van der Waals surface area (Å²) < 4.78 is 23.8. The third-order valence-corrected chi connectivity index (χ3v) is 8.16. The molecule has 0 aromatic rings. The summed E-state index contributed by atoms with van der Waals surface area (Å²) in [5.74, 6) is 0. The predicted octanol–water partition coefficient (Wildman–Crippen LogP) is 8.18. The first-order valence-electron chi connectivity index (χ1n) is 14.0. The van der Waals surface area contributed by atoms with Crippen LogP contribution in [0.15, 0.2) is 12.7 Å². The van der Waals surface area contributed by atoms with Crippen LogP contribution in [0.4, 0.5) is 0 Å². The Morgan fingerprint density at radius 1 is 0.848 bits per heavy atom. The number of unbranched alkanes of at least 4 members (excludes halogenated alkanes) is 15. The van der Waals surface area contributed by atoms with E-state index in [1.54, 1.807) is 0 Å². The number of likely N-dealkylation sites (tertiary alicyclic amines) is 1. The minimum absolute atomic E-state index is 0.178. The molecular formula is C27H55NO4P+. The molecule has 0 saturated carbocycles. The largest absolute Gasteiger partial charge is 0.472 e. The number of rotatable bonds is 22. The number of likely N-dealkylation sites (N-methyl/N-ethyl adjacent to an activating group) is 1. The van der Waals surface area contributed by atoms with Gasteiger partial charge in [-0.3, -0.25) is 9.05 Å². The third-order valence-electron chi connectivity index (χ3n) is 7.09. The van der Waals surface area contributed by atoms with Crippen LogP contribution in [0.3, 0.4) is 0 Å². The molecule has 0 aromatic heterocycles. The minimum Gasteiger partial charge on any atom is -0.323 e. The Hall–Kier alpha value is -0.190. The molecule has 1 N–H and O–H groups in total. The minimum atomic E-state index is -3.94. The average molecular weight is 489 g/mol. The zero-order valence-electron chi connectivity index (χ0n) is 22.0. The number of hydrogen-bond acceptors (Lipinski definition) is 3. The lowest BCUT2D eigenvalue weighted by molar-refractivity contribution is -0.909. The summed E-state index contributed by atoms with van der Waals surface area (Å²) in [7, 11) is -1.74. The van der Waals surface area contributed by atoms with Gasteiger partial charge in [-0.15, -0.1) is 0 Å². The number of hydrogen-bond donors (Lipinski definition) is 1. The van der Waals surface area contributed by atoms with Crippen LogP contribution in [0.1, 0.15) is 122 Å². The van der Waals surface area contributed by atoms with E-state index in [0.29, 0.717) is 6.61 Å². The van der Waals surface area contributed by atoms with Crippen molar-refractivity contribution in [3.05, 3.63) is 12.7 Å². The highest BCUT2D eigenvalue weighted by Crippen LogP contribution is 2.46. The van der Waals surface area contributed by atoms with E-state index in [9.17, 15) is 9.46 Å². The van der Waals surface area contributed by atoms with Gasteiger partial charge in [0, 0.05) is 12.8 Å². The molecule has 0 aliphatic carbocycles. The summed E-state index contributed by atoms with van der Waals surface area (Å²) in [5, 5.41) is 0. The van der Waals surface area contributed by atoms with Gasteiger partial charge in [0.2, 0.25) is 0 Å². The standard InChI is InChI=1S/C27H54NO4P/c1-4-6-7-8-9-10-11-12-13-14-15-16-17-18-19-20-26-31-33(29,30)32-27-21-24-28(3,23-5-2)25-22-27/h5,27H,2,4,6-26H2,1,3H3/p+1. The summed E-state index contributed by atoms with van der Waals surface area (Å²) in [6.07, 6.45) is 24.3. The van der Waals surface area contributed by atoms with Crippen LogP contribution in [0, 0.1) is 0 Å². The molecule has 1 rings (SSSR count). The van der Waals surface area contributed by atoms with Gasteiger partial charge in [-0.25, -0.2) is 4.57 Å². The van der Waals surface area contributed by atoms with E-state index in [1.807, 2.05) is 6.08 Å². The molecule has 1 fully saturated rings. The molecule has 0 bridgehead atoms. The van der Waals surface area contributed by atoms with Gasteiger partial charge in [-0.2, -0.15) is 0 Å². The summed E-state index contributed by atoms with van der Waals surface area (Å²) in [5.41, 5.74) is 0. The maximum absolute atomic E-state index is 12.2. The zero-order valence-corrected chi connectivity index (χ0v) is 22.9. The lowest BCUT2D eigenvalue weighted by Gasteiger charge is -2.39. The van der Waals surface area contributed by atoms with Crippen molar-refractivity contribution in [1.82, 2.24) is 0 Å². The second-order valence-corrected chi connectivity index (χ2v) is 11.9. The monoisotopic (exact) mass is 488 g/mol. The predicted molar refractivity (Wildman–Crippen MR) is 140 cm³/mol. The molecule has 1 saturated heterocycles. The van der Waals surface area contributed by atoms with E-state index < -0.39 is 7.82 Å². The lowest BCUT2D eigenvalue weighted by atomic mass is 10.0. The van der Waals surface area contributed by atoms with E-state index >= 15 is 0 Å². The Labute approximate surface area is 205 Å². The van der Waals surface area contributed by atoms with E-state index in [0.717, 1.165) is 49.8 Å². The smallest absolute Gasteiger partial charge is 0.323 e. The van der Waals surface area contributed by atoms with E-state index in [1.165, 1.54) is 89.9 Å². The molecule has 1 heterocycles. The number of phosphoric acid groups is 1. The fourth-order valence-electron chi connectivity index (χ4n) is 4.82. The molecule has 1 atom stereocenters. The number of phosphoric ester groups is 1. The highest BCUT2D eigenvalue weighted by Gasteiger charge is 2.34. The Kier molecular flexibility index (Phi) is 17.8. The van der Waals surface area contributed by atoms with Crippen LogP contribution in [0.25, 0.3) is 0 Å². The second-order valence-electron chi connectivity index (χ2n) is 10.4. The molecule has 0 spiro atoms. The first kappa shape index (κ1) is 30.8. The molecule has 196 valence electrons. The topological polar surface area (TPSA) is 55.8 Å². The Morgan fingerprint density at radius 2 is 1.27 bits per heavy atom. The molecule has 1 unspecified atom stereocenters. The van der Waals surface area contributed by atoms with Crippen molar-refractivity contribution in [3.8, 4) is 0 Å². The molecular weight excluding hydrogens is 433 g/mol. The number of piperidine rings is 1. The van der Waals surface area contributed by atoms with Gasteiger partial charge in [0.15, 0.2) is 0 Å². The van der Waals surface area contributed by atoms with Gasteiger partial charge < -0.3 is 9.38 Å². The summed E-state index contributed by atoms with van der Waals surface area (Å²) >= 11 is 0. The van der Waals surface area contributed by atoms with Crippen molar-refractivity contribution >= 4 is 7.82 Å². The van der Waals surface area contributed by atoms with Gasteiger partial charge in [-0.1, -0.05) is 110 Å². The average Bonchev–Trinajstić information content (AvgIpc) is 2.77. The van der Waals surface area contributed by atoms with E-state index in [2.05, 4.69) is 20.6 Å². The summed E-state index contributed by atoms with van der Waals surface area (Å²) in [6.45, 7) is 9.22. The van der Waals surface area contributed by atoms with Crippen molar-refractivity contribution in [1.29, 1.82) is 0 Å². The van der Waals surface area contributed by atoms with Gasteiger partial charge in [0.25, 0.3) is 0 Å². The first-order valence-corrected chi connectivity index (χ1v) is 15.5. The molecule has 0 amide bonds. The van der Waals surface area contributed by atoms with E-state index in [-0.39, 0.29) is 6.10 Å². The van der Waals surface area contributed by atoms with Crippen molar-refractivity contribution in [2.45, 2.75) is 129 Å². The van der Waals surface area contributed by atoms with E-state index in [4.69, 9.17) is 9.05 Å². The third kappa shape index (κ3) is 17.0. The molecule has 1 aliphatic heterocycles. The van der Waals surface area contributed by atoms with Crippen molar-refractivity contribution in [2.24, 2.45) is 0 Å². The molecule has 0 radical (unpaired) electrons. The fraction of sp³-hybridized carbons (Fsp3) is 0.926. The van der Waals surface area contributed by atoms with Gasteiger partial charge >= 0.3 is 7.82 Å². The Bertz CT molecular complexity index is 520. The molecule has 6 heteroatoms. The maximum atomic E-state index is 12.2. The second kappa shape index (κ2) is 19.1. The number of quaternary nitrogens is 1. The van der Waals surface area contributed by atoms with Crippen LogP contribution in [0.5, 0.6) is 0 Å². The van der Waals surface area contributed by atoms with Gasteiger partial charge in [0.1, 0.15) is 0 Å². The number of nitrogens with zero attached hydrogens (tertiary/aromatic N) is 1. The summed E-state index contributed by atoms with van der Waals surface area (Å²) in [6, 6.07) is 0. The first-order chi connectivity index (χ1) is 15.9. The summed E-state index contributed by atoms with van der Waals surface area (Å²) in [4.78, 5) is 10.0. The normalized spacial score (nSPS) is 22.8. The fourth-order valence-corrected chi connectivity index (χ4v) is 5.82. The Morgan fingerprint density at radius 3 is 1.70 bits per heavy atom. The molecule has 1 aliphatic rings. The molecule has 5 nitrogen and oxygen atoms in total. The highest BCUT2D eigenvalue weighted by molar-refractivity contribution is 7.47. The molecule has 0 aromatic carbocycles. The van der Waals surface area contributed by atoms with Crippen molar-refractivity contribution in [3.63, 3.8) is 0 Å². The van der Waals surface area contributed by atoms with Crippen molar-refractivity contribution < 1.29 is 23.0 Å². The highest BCUT2D eigenvalue weighted by atomic mass is 31.2. The Balaban J connectivity index is 1.88. The quantitative estimate of drug-likeness (QED) is 0.0722. The van der Waals surface area contributed by atoms with Gasteiger partial charge in [-0.05, 0) is 12.5 Å². The van der Waals surface area contributed by atoms with Crippen LogP contribution >= 0.6 is 7.82 Å². The van der Waals surface area contributed by atoms with Crippen LogP contribution in [-0.2, 0) is 13.6 Å².